The molecular formula is C25H25BrN2O3S. The average molecular weight is 513 g/mol. The van der Waals surface area contributed by atoms with E-state index >= 15 is 0 Å². The fourth-order valence-electron chi connectivity index (χ4n) is 4.17. The van der Waals surface area contributed by atoms with Crippen molar-refractivity contribution >= 4 is 31.9 Å². The number of amides is 1. The SMILES string of the molecule is C[C@H](NC(=O)C[C@@H]1c2ccccc2CCN1S(=O)(=O)c1ccc(Br)cc1)c1ccccc1. The molecular weight excluding hydrogens is 488 g/mol. The van der Waals surface area contributed by atoms with Crippen molar-refractivity contribution in [1.29, 1.82) is 0 Å². The molecule has 32 heavy (non-hydrogen) atoms. The molecule has 3 aromatic rings. The first-order chi connectivity index (χ1) is 15.4. The van der Waals surface area contributed by atoms with Crippen molar-refractivity contribution in [2.24, 2.45) is 0 Å². The topological polar surface area (TPSA) is 66.5 Å². The van der Waals surface area contributed by atoms with Gasteiger partial charge in [-0.15, -0.1) is 0 Å². The molecule has 4 rings (SSSR count). The van der Waals surface area contributed by atoms with Gasteiger partial charge in [-0.05, 0) is 54.3 Å². The number of halogens is 1. The second kappa shape index (κ2) is 9.57. The number of benzene rings is 3. The van der Waals surface area contributed by atoms with Gasteiger partial charge < -0.3 is 5.32 Å². The van der Waals surface area contributed by atoms with Crippen LogP contribution in [0.1, 0.15) is 42.1 Å². The number of hydrogen-bond acceptors (Lipinski definition) is 3. The van der Waals surface area contributed by atoms with Gasteiger partial charge in [0.2, 0.25) is 15.9 Å². The molecule has 0 saturated carbocycles. The van der Waals surface area contributed by atoms with Gasteiger partial charge in [-0.25, -0.2) is 8.42 Å². The lowest BCUT2D eigenvalue weighted by molar-refractivity contribution is -0.122. The highest BCUT2D eigenvalue weighted by Crippen LogP contribution is 2.36. The van der Waals surface area contributed by atoms with E-state index in [1.807, 2.05) is 61.5 Å². The smallest absolute Gasteiger partial charge is 0.243 e. The van der Waals surface area contributed by atoms with Crippen molar-refractivity contribution in [1.82, 2.24) is 9.62 Å². The predicted octanol–water partition coefficient (Wildman–Crippen LogP) is 5.00. The fourth-order valence-corrected chi connectivity index (χ4v) is 6.04. The van der Waals surface area contributed by atoms with Gasteiger partial charge in [0.1, 0.15) is 0 Å². The minimum Gasteiger partial charge on any atom is -0.350 e. The molecule has 3 aromatic carbocycles. The zero-order chi connectivity index (χ0) is 22.7. The van der Waals surface area contributed by atoms with Crippen LogP contribution in [0.15, 0.2) is 88.2 Å². The van der Waals surface area contributed by atoms with E-state index < -0.39 is 16.1 Å². The normalized spacial score (nSPS) is 17.4. The van der Waals surface area contributed by atoms with Gasteiger partial charge in [-0.3, -0.25) is 4.79 Å². The summed E-state index contributed by atoms with van der Waals surface area (Å²) >= 11 is 3.35. The van der Waals surface area contributed by atoms with Crippen molar-refractivity contribution in [3.05, 3.63) is 100 Å². The highest BCUT2D eigenvalue weighted by molar-refractivity contribution is 9.10. The monoisotopic (exact) mass is 512 g/mol. The van der Waals surface area contributed by atoms with Crippen molar-refractivity contribution < 1.29 is 13.2 Å². The van der Waals surface area contributed by atoms with Crippen LogP contribution in [0.5, 0.6) is 0 Å². The summed E-state index contributed by atoms with van der Waals surface area (Å²) < 4.78 is 29.3. The van der Waals surface area contributed by atoms with Gasteiger partial charge in [0.25, 0.3) is 0 Å². The van der Waals surface area contributed by atoms with Gasteiger partial charge in [-0.2, -0.15) is 4.31 Å². The Morgan fingerprint density at radius 2 is 1.69 bits per heavy atom. The molecule has 1 amide bonds. The molecule has 7 heteroatoms. The van der Waals surface area contributed by atoms with E-state index in [0.717, 1.165) is 21.2 Å². The van der Waals surface area contributed by atoms with E-state index in [9.17, 15) is 13.2 Å². The Morgan fingerprint density at radius 1 is 1.03 bits per heavy atom. The maximum Gasteiger partial charge on any atom is 0.243 e. The molecule has 0 bridgehead atoms. The van der Waals surface area contributed by atoms with E-state index in [2.05, 4.69) is 21.2 Å². The standard InChI is InChI=1S/C25H25BrN2O3S/c1-18(19-7-3-2-4-8-19)27-25(29)17-24-23-10-6-5-9-20(23)15-16-28(24)32(30,31)22-13-11-21(26)12-14-22/h2-14,18,24H,15-17H2,1H3,(H,27,29)/t18-,24+/m0/s1. The number of nitrogens with zero attached hydrogens (tertiary/aromatic N) is 1. The van der Waals surface area contributed by atoms with Gasteiger partial charge in [0, 0.05) is 17.4 Å². The summed E-state index contributed by atoms with van der Waals surface area (Å²) in [7, 11) is -3.76. The minimum atomic E-state index is -3.76. The summed E-state index contributed by atoms with van der Waals surface area (Å²) in [4.78, 5) is 13.2. The molecule has 2 atom stereocenters. The van der Waals surface area contributed by atoms with E-state index in [0.29, 0.717) is 13.0 Å². The number of hydrogen-bond donors (Lipinski definition) is 1. The van der Waals surface area contributed by atoms with E-state index in [-0.39, 0.29) is 23.3 Å². The summed E-state index contributed by atoms with van der Waals surface area (Å²) in [6.07, 6.45) is 0.675. The molecule has 5 nitrogen and oxygen atoms in total. The average Bonchev–Trinajstić information content (AvgIpc) is 2.80. The highest BCUT2D eigenvalue weighted by Gasteiger charge is 2.37. The molecule has 1 N–H and O–H groups in total. The Bertz CT molecular complexity index is 1200. The lowest BCUT2D eigenvalue weighted by Gasteiger charge is -2.36. The van der Waals surface area contributed by atoms with Gasteiger partial charge in [-0.1, -0.05) is 70.5 Å². The van der Waals surface area contributed by atoms with Crippen LogP contribution in [-0.4, -0.2) is 25.2 Å². The molecule has 166 valence electrons. The van der Waals surface area contributed by atoms with Crippen LogP contribution in [-0.2, 0) is 21.2 Å². The largest absolute Gasteiger partial charge is 0.350 e. The van der Waals surface area contributed by atoms with Crippen molar-refractivity contribution in [2.45, 2.75) is 36.7 Å². The molecule has 0 radical (unpaired) electrons. The Labute approximate surface area is 197 Å². The van der Waals surface area contributed by atoms with Gasteiger partial charge >= 0.3 is 0 Å². The van der Waals surface area contributed by atoms with E-state index in [1.54, 1.807) is 24.3 Å². The van der Waals surface area contributed by atoms with Gasteiger partial charge in [0.15, 0.2) is 0 Å². The number of fused-ring (bicyclic) bond motifs is 1. The van der Waals surface area contributed by atoms with Crippen molar-refractivity contribution in [2.75, 3.05) is 6.54 Å². The van der Waals surface area contributed by atoms with Crippen LogP contribution < -0.4 is 5.32 Å². The van der Waals surface area contributed by atoms with Gasteiger partial charge in [0.05, 0.1) is 17.0 Å². The maximum absolute atomic E-state index is 13.5. The Kier molecular flexibility index (Phi) is 6.79. The second-order valence-corrected chi connectivity index (χ2v) is 10.7. The summed E-state index contributed by atoms with van der Waals surface area (Å²) in [5.74, 6) is -0.181. The van der Waals surface area contributed by atoms with Crippen molar-refractivity contribution in [3.8, 4) is 0 Å². The maximum atomic E-state index is 13.5. The molecule has 1 heterocycles. The zero-order valence-corrected chi connectivity index (χ0v) is 20.1. The Balaban J connectivity index is 1.62. The number of rotatable bonds is 6. The Hall–Kier alpha value is -2.48. The molecule has 0 aromatic heterocycles. The van der Waals surface area contributed by atoms with Crippen LogP contribution in [0.3, 0.4) is 0 Å². The summed E-state index contributed by atoms with van der Waals surface area (Å²) in [5, 5.41) is 3.03. The number of sulfonamides is 1. The van der Waals surface area contributed by atoms with E-state index in [1.165, 1.54) is 4.31 Å². The number of nitrogens with one attached hydrogen (secondary N) is 1. The first kappa shape index (κ1) is 22.7. The first-order valence-electron chi connectivity index (χ1n) is 10.6. The quantitative estimate of drug-likeness (QED) is 0.504. The first-order valence-corrected chi connectivity index (χ1v) is 12.8. The molecule has 0 saturated heterocycles. The van der Waals surface area contributed by atoms with Crippen LogP contribution in [0.2, 0.25) is 0 Å². The summed E-state index contributed by atoms with van der Waals surface area (Å²) in [6.45, 7) is 2.26. The van der Waals surface area contributed by atoms with Crippen LogP contribution in [0, 0.1) is 0 Å². The van der Waals surface area contributed by atoms with Crippen molar-refractivity contribution in [3.63, 3.8) is 0 Å². The van der Waals surface area contributed by atoms with Crippen LogP contribution in [0.4, 0.5) is 0 Å². The minimum absolute atomic E-state index is 0.0595. The molecule has 0 unspecified atom stereocenters. The second-order valence-electron chi connectivity index (χ2n) is 7.94. The molecule has 0 aliphatic carbocycles. The lowest BCUT2D eigenvalue weighted by atomic mass is 9.92. The third kappa shape index (κ3) is 4.80. The summed E-state index contributed by atoms with van der Waals surface area (Å²) in [5.41, 5.74) is 2.98. The predicted molar refractivity (Wildman–Crippen MR) is 129 cm³/mol. The summed E-state index contributed by atoms with van der Waals surface area (Å²) in [6, 6.07) is 23.4. The zero-order valence-electron chi connectivity index (χ0n) is 17.7. The molecule has 1 aliphatic heterocycles. The molecule has 0 fully saturated rings. The third-order valence-electron chi connectivity index (χ3n) is 5.84. The van der Waals surface area contributed by atoms with E-state index in [4.69, 9.17) is 0 Å². The Morgan fingerprint density at radius 3 is 2.41 bits per heavy atom. The fraction of sp³-hybridized carbons (Fsp3) is 0.240. The number of carbonyl (C=O) groups excluding carboxylic acids is 1. The molecule has 0 spiro atoms. The van der Waals surface area contributed by atoms with Crippen LogP contribution >= 0.6 is 15.9 Å². The third-order valence-corrected chi connectivity index (χ3v) is 8.29. The highest BCUT2D eigenvalue weighted by atomic mass is 79.9. The van der Waals surface area contributed by atoms with Crippen LogP contribution in [0.25, 0.3) is 0 Å². The number of carbonyl (C=O) groups is 1. The molecule has 1 aliphatic rings. The lowest BCUT2D eigenvalue weighted by Crippen LogP contribution is -2.42.